The molecule has 5 nitrogen and oxygen atoms in total. The Morgan fingerprint density at radius 2 is 1.92 bits per heavy atom. The Kier molecular flexibility index (Phi) is 5.20. The molecule has 1 aromatic carbocycles. The Morgan fingerprint density at radius 1 is 1.12 bits per heavy atom. The summed E-state index contributed by atoms with van der Waals surface area (Å²) in [5.74, 6) is 0.637. The molecule has 1 aliphatic rings. The second kappa shape index (κ2) is 7.53. The highest BCUT2D eigenvalue weighted by Crippen LogP contribution is 2.27. The fraction of sp³-hybridized carbons (Fsp3) is 0.421. The lowest BCUT2D eigenvalue weighted by Crippen LogP contribution is -2.44. The van der Waals surface area contributed by atoms with Gasteiger partial charge in [-0.15, -0.1) is 0 Å². The number of carbonyl (C=O) groups is 1. The summed E-state index contributed by atoms with van der Waals surface area (Å²) in [4.78, 5) is 12.5. The van der Waals surface area contributed by atoms with Gasteiger partial charge in [0.05, 0.1) is 24.0 Å². The van der Waals surface area contributed by atoms with E-state index < -0.39 is 5.60 Å². The molecule has 3 rings (SSSR count). The topological polar surface area (TPSA) is 74.5 Å². The van der Waals surface area contributed by atoms with Crippen LogP contribution >= 0.6 is 0 Å². The van der Waals surface area contributed by atoms with Crippen molar-refractivity contribution < 1.29 is 14.3 Å². The van der Waals surface area contributed by atoms with Crippen LogP contribution in [0.25, 0.3) is 0 Å². The van der Waals surface area contributed by atoms with Crippen molar-refractivity contribution in [2.45, 2.75) is 44.2 Å². The van der Waals surface area contributed by atoms with Crippen molar-refractivity contribution in [1.29, 1.82) is 0 Å². The van der Waals surface area contributed by atoms with E-state index in [4.69, 9.17) is 4.42 Å². The van der Waals surface area contributed by atoms with E-state index in [1.165, 1.54) is 0 Å². The second-order valence-corrected chi connectivity index (χ2v) is 6.45. The quantitative estimate of drug-likeness (QED) is 0.760. The van der Waals surface area contributed by atoms with Crippen molar-refractivity contribution in [3.63, 3.8) is 0 Å². The molecule has 0 unspecified atom stereocenters. The van der Waals surface area contributed by atoms with E-state index >= 15 is 0 Å². The molecule has 5 heteroatoms. The summed E-state index contributed by atoms with van der Waals surface area (Å²) in [6.07, 6.45) is 6.34. The highest BCUT2D eigenvalue weighted by atomic mass is 16.3. The molecule has 1 saturated carbocycles. The molecule has 1 fully saturated rings. The van der Waals surface area contributed by atoms with E-state index in [9.17, 15) is 9.90 Å². The van der Waals surface area contributed by atoms with Crippen molar-refractivity contribution in [1.82, 2.24) is 5.32 Å². The number of para-hydroxylation sites is 1. The van der Waals surface area contributed by atoms with Crippen LogP contribution in [0.4, 0.5) is 5.69 Å². The van der Waals surface area contributed by atoms with Crippen LogP contribution in [0.3, 0.4) is 0 Å². The largest absolute Gasteiger partial charge is 0.467 e. The first kappa shape index (κ1) is 16.6. The molecule has 1 aromatic heterocycles. The number of carbonyl (C=O) groups excluding carboxylic acids is 1. The predicted molar refractivity (Wildman–Crippen MR) is 92.8 cm³/mol. The van der Waals surface area contributed by atoms with E-state index in [0.717, 1.165) is 43.6 Å². The van der Waals surface area contributed by atoms with Crippen LogP contribution in [-0.2, 0) is 6.54 Å². The van der Waals surface area contributed by atoms with Crippen LogP contribution < -0.4 is 10.6 Å². The third kappa shape index (κ3) is 4.17. The zero-order chi connectivity index (χ0) is 16.8. The molecule has 3 N–H and O–H groups in total. The summed E-state index contributed by atoms with van der Waals surface area (Å²) in [7, 11) is 0. The highest BCUT2D eigenvalue weighted by Gasteiger charge is 2.29. The molecule has 128 valence electrons. The first-order valence-electron chi connectivity index (χ1n) is 8.52. The number of amides is 1. The Labute approximate surface area is 142 Å². The maximum Gasteiger partial charge on any atom is 0.253 e. The lowest BCUT2D eigenvalue weighted by molar-refractivity contribution is 0.00526. The van der Waals surface area contributed by atoms with Crippen LogP contribution in [0.15, 0.2) is 47.1 Å². The summed E-state index contributed by atoms with van der Waals surface area (Å²) < 4.78 is 5.30. The lowest BCUT2D eigenvalue weighted by Gasteiger charge is -2.32. The number of hydrogen-bond donors (Lipinski definition) is 3. The standard InChI is InChI=1S/C19H24N2O3/c22-18(21-14-19(23)10-4-1-5-11-19)16-8-2-3-9-17(16)20-13-15-7-6-12-24-15/h2-3,6-9,12,20,23H,1,4-5,10-11,13-14H2,(H,21,22). The molecule has 0 spiro atoms. The number of benzene rings is 1. The molecule has 0 bridgehead atoms. The van der Waals surface area contributed by atoms with Crippen LogP contribution in [-0.4, -0.2) is 23.2 Å². The summed E-state index contributed by atoms with van der Waals surface area (Å²) in [6.45, 7) is 0.819. The number of nitrogens with one attached hydrogen (secondary N) is 2. The Bertz CT molecular complexity index is 661. The summed E-state index contributed by atoms with van der Waals surface area (Å²) in [5, 5.41) is 16.6. The minimum atomic E-state index is -0.759. The van der Waals surface area contributed by atoms with Crippen molar-refractivity contribution >= 4 is 11.6 Å². The molecule has 0 aliphatic heterocycles. The Balaban J connectivity index is 1.61. The molecular formula is C19H24N2O3. The lowest BCUT2D eigenvalue weighted by atomic mass is 9.85. The van der Waals surface area contributed by atoms with E-state index in [0.29, 0.717) is 18.7 Å². The first-order chi connectivity index (χ1) is 11.7. The number of furan rings is 1. The maximum atomic E-state index is 12.5. The zero-order valence-corrected chi connectivity index (χ0v) is 13.8. The fourth-order valence-electron chi connectivity index (χ4n) is 3.16. The van der Waals surface area contributed by atoms with Crippen LogP contribution in [0.5, 0.6) is 0 Å². The molecule has 24 heavy (non-hydrogen) atoms. The summed E-state index contributed by atoms with van der Waals surface area (Å²) >= 11 is 0. The van der Waals surface area contributed by atoms with Gasteiger partial charge in [-0.05, 0) is 37.1 Å². The van der Waals surface area contributed by atoms with Crippen molar-refractivity contribution in [2.24, 2.45) is 0 Å². The number of aliphatic hydroxyl groups is 1. The van der Waals surface area contributed by atoms with Gasteiger partial charge in [-0.1, -0.05) is 31.4 Å². The summed E-state index contributed by atoms with van der Waals surface area (Å²) in [5.41, 5.74) is 0.565. The average molecular weight is 328 g/mol. The highest BCUT2D eigenvalue weighted by molar-refractivity contribution is 5.99. The molecule has 1 heterocycles. The summed E-state index contributed by atoms with van der Waals surface area (Å²) in [6, 6.07) is 11.1. The number of anilines is 1. The van der Waals surface area contributed by atoms with E-state index in [2.05, 4.69) is 10.6 Å². The smallest absolute Gasteiger partial charge is 0.253 e. The van der Waals surface area contributed by atoms with Gasteiger partial charge in [-0.25, -0.2) is 0 Å². The average Bonchev–Trinajstić information content (AvgIpc) is 3.12. The van der Waals surface area contributed by atoms with Gasteiger partial charge < -0.3 is 20.2 Å². The van der Waals surface area contributed by atoms with Gasteiger partial charge in [-0.2, -0.15) is 0 Å². The second-order valence-electron chi connectivity index (χ2n) is 6.45. The van der Waals surface area contributed by atoms with Crippen LogP contribution in [0.2, 0.25) is 0 Å². The molecular weight excluding hydrogens is 304 g/mol. The van der Waals surface area contributed by atoms with Crippen molar-refractivity contribution in [2.75, 3.05) is 11.9 Å². The minimum Gasteiger partial charge on any atom is -0.467 e. The predicted octanol–water partition coefficient (Wildman–Crippen LogP) is 3.32. The van der Waals surface area contributed by atoms with Gasteiger partial charge in [0.1, 0.15) is 5.76 Å². The normalized spacial score (nSPS) is 16.5. The fourth-order valence-corrected chi connectivity index (χ4v) is 3.16. The Hall–Kier alpha value is -2.27. The SMILES string of the molecule is O=C(NCC1(O)CCCCC1)c1ccccc1NCc1ccco1. The van der Waals surface area contributed by atoms with Gasteiger partial charge >= 0.3 is 0 Å². The van der Waals surface area contributed by atoms with Gasteiger partial charge in [-0.3, -0.25) is 4.79 Å². The molecule has 2 aromatic rings. The van der Waals surface area contributed by atoms with E-state index in [-0.39, 0.29) is 5.91 Å². The van der Waals surface area contributed by atoms with Crippen LogP contribution in [0.1, 0.15) is 48.2 Å². The molecule has 0 saturated heterocycles. The first-order valence-corrected chi connectivity index (χ1v) is 8.52. The van der Waals surface area contributed by atoms with Gasteiger partial charge in [0.2, 0.25) is 0 Å². The van der Waals surface area contributed by atoms with Crippen molar-refractivity contribution in [3.05, 3.63) is 54.0 Å². The Morgan fingerprint density at radius 3 is 2.67 bits per heavy atom. The molecule has 1 aliphatic carbocycles. The third-order valence-electron chi connectivity index (χ3n) is 4.57. The van der Waals surface area contributed by atoms with Gasteiger partial charge in [0, 0.05) is 12.2 Å². The molecule has 1 amide bonds. The van der Waals surface area contributed by atoms with Gasteiger partial charge in [0.15, 0.2) is 0 Å². The number of hydrogen-bond acceptors (Lipinski definition) is 4. The monoisotopic (exact) mass is 328 g/mol. The van der Waals surface area contributed by atoms with Crippen LogP contribution in [0, 0.1) is 0 Å². The molecule has 0 radical (unpaired) electrons. The number of rotatable bonds is 6. The van der Waals surface area contributed by atoms with E-state index in [1.54, 1.807) is 12.3 Å². The maximum absolute atomic E-state index is 12.5. The molecule has 0 atom stereocenters. The zero-order valence-electron chi connectivity index (χ0n) is 13.8. The van der Waals surface area contributed by atoms with E-state index in [1.807, 2.05) is 30.3 Å². The minimum absolute atomic E-state index is 0.170. The van der Waals surface area contributed by atoms with Crippen molar-refractivity contribution in [3.8, 4) is 0 Å². The van der Waals surface area contributed by atoms with Gasteiger partial charge in [0.25, 0.3) is 5.91 Å². The third-order valence-corrected chi connectivity index (χ3v) is 4.57.